The molecule has 0 aliphatic rings. The van der Waals surface area contributed by atoms with Crippen molar-refractivity contribution in [1.29, 1.82) is 0 Å². The van der Waals surface area contributed by atoms with Crippen LogP contribution in [0.25, 0.3) is 0 Å². The molecular weight excluding hydrogens is 692 g/mol. The van der Waals surface area contributed by atoms with Gasteiger partial charge in [-0.15, -0.1) is 0 Å². The molecule has 0 amide bonds. The Morgan fingerprint density at radius 1 is 0.615 bits per heavy atom. The van der Waals surface area contributed by atoms with Gasteiger partial charge in [-0.3, -0.25) is 0 Å². The Bertz CT molecular complexity index is 44.1. The zero-order valence-electron chi connectivity index (χ0n) is 5.25. The van der Waals surface area contributed by atoms with Crippen LogP contribution in [0.1, 0.15) is 0 Å². The summed E-state index contributed by atoms with van der Waals surface area (Å²) in [5.74, 6) is 0. The van der Waals surface area contributed by atoms with Crippen LogP contribution in [0.4, 0.5) is 0 Å². The maximum atomic E-state index is 7.17. The van der Waals surface area contributed by atoms with E-state index in [0.29, 0.717) is 0 Å². The maximum Gasteiger partial charge on any atom is 0 e. The topological polar surface area (TPSA) is 121 Å². The summed E-state index contributed by atoms with van der Waals surface area (Å²) in [6, 6.07) is 0. The van der Waals surface area contributed by atoms with Gasteiger partial charge < -0.3 is 30.1 Å². The minimum Gasteiger partial charge on any atom is 0 e. The minimum atomic E-state index is -2.17. The third kappa shape index (κ3) is 150. The zero-order chi connectivity index (χ0) is 7.15. The Hall–Kier alpha value is 5.11. The summed E-state index contributed by atoms with van der Waals surface area (Å²) in [5, 5.41) is 43.0. The van der Waals surface area contributed by atoms with Gasteiger partial charge in [0.05, 0.1) is 0 Å². The van der Waals surface area contributed by atoms with E-state index in [9.17, 15) is 0 Å². The maximum absolute atomic E-state index is 7.17. The van der Waals surface area contributed by atoms with E-state index in [1.165, 1.54) is 0 Å². The van der Waals surface area contributed by atoms with Crippen molar-refractivity contribution >= 4 is 157 Å². The van der Waals surface area contributed by atoms with Crippen LogP contribution in [0, 0.1) is 0 Å². The molecule has 0 heterocycles. The predicted molar refractivity (Wildman–Crippen MR) is 60.4 cm³/mol. The van der Waals surface area contributed by atoms with Crippen LogP contribution in [0.2, 0.25) is 0 Å². The molecule has 0 aromatic rings. The first-order valence-electron chi connectivity index (χ1n) is 1.55. The SMILES string of the molecule is OB(O)O.OB(O)O.[AlH3].[BaH2].[BaH2].[PbH2].[Zn]. The third-order valence-electron chi connectivity index (χ3n) is 0. The molecule has 0 saturated heterocycles. The van der Waals surface area contributed by atoms with E-state index in [-0.39, 0.29) is 162 Å². The molecule has 0 bridgehead atoms. The van der Waals surface area contributed by atoms with Crippen molar-refractivity contribution in [3.05, 3.63) is 0 Å². The molecule has 0 saturated carbocycles. The molecule has 0 aliphatic carbocycles. The summed E-state index contributed by atoms with van der Waals surface area (Å²) >= 11 is 0. The van der Waals surface area contributed by atoms with Crippen molar-refractivity contribution in [3.63, 3.8) is 0 Å². The molecule has 0 aromatic heterocycles. The quantitative estimate of drug-likeness (QED) is 0.139. The van der Waals surface area contributed by atoms with Crippen LogP contribution >= 0.6 is 0 Å². The van der Waals surface area contributed by atoms with Gasteiger partial charge in [-0.25, -0.2) is 0 Å². The zero-order valence-corrected chi connectivity index (χ0v) is 13.7. The molecule has 0 unspecified atom stereocenters. The van der Waals surface area contributed by atoms with Crippen molar-refractivity contribution in [2.24, 2.45) is 0 Å². The summed E-state index contributed by atoms with van der Waals surface area (Å²) < 4.78 is 0. The largest absolute Gasteiger partial charge is 0 e. The smallest absolute Gasteiger partial charge is 0 e. The van der Waals surface area contributed by atoms with E-state index in [1.807, 2.05) is 0 Å². The summed E-state index contributed by atoms with van der Waals surface area (Å²) in [4.78, 5) is 0. The molecular formula is H15AlB2Ba2O6PbZn. The van der Waals surface area contributed by atoms with Crippen molar-refractivity contribution < 1.29 is 49.6 Å². The van der Waals surface area contributed by atoms with Crippen molar-refractivity contribution in [3.8, 4) is 0 Å². The molecule has 0 spiro atoms. The fourth-order valence-electron chi connectivity index (χ4n) is 0. The van der Waals surface area contributed by atoms with Crippen LogP contribution in [0.3, 0.4) is 0 Å². The first kappa shape index (κ1) is 43.0. The van der Waals surface area contributed by atoms with Gasteiger partial charge in [-0.2, -0.15) is 0 Å². The second kappa shape index (κ2) is 36.0. The second-order valence-electron chi connectivity index (χ2n) is 0.693. The van der Waals surface area contributed by atoms with Crippen molar-refractivity contribution in [1.82, 2.24) is 0 Å². The Labute approximate surface area is 201 Å². The molecule has 6 nitrogen and oxygen atoms in total. The molecule has 6 N–H and O–H groups in total. The number of hydrogen-bond acceptors (Lipinski definition) is 6. The van der Waals surface area contributed by atoms with Crippen LogP contribution in [0.15, 0.2) is 0 Å². The molecule has 0 rings (SSSR count). The van der Waals surface area contributed by atoms with Crippen molar-refractivity contribution in [2.75, 3.05) is 0 Å². The van der Waals surface area contributed by atoms with E-state index < -0.39 is 14.6 Å². The second-order valence-corrected chi connectivity index (χ2v) is 0.693. The predicted octanol–water partition coefficient (Wildman–Crippen LogP) is -8.04. The van der Waals surface area contributed by atoms with Crippen LogP contribution in [0.5, 0.6) is 0 Å². The van der Waals surface area contributed by atoms with E-state index in [1.54, 1.807) is 0 Å². The molecule has 13 heteroatoms. The Morgan fingerprint density at radius 2 is 0.615 bits per heavy atom. The van der Waals surface area contributed by atoms with Gasteiger partial charge in [0.2, 0.25) is 0 Å². The standard InChI is InChI=1S/Al.2BH3O3.2Ba.Pb.Zn.9H/c;2*2-1(3)4;;;;;;;;;;;;;/h;2*2-4H;;;;;;;;;;;;;. The Morgan fingerprint density at radius 3 is 0.615 bits per heavy atom. The number of hydrogen-bond donors (Lipinski definition) is 6. The molecule has 0 aromatic carbocycles. The van der Waals surface area contributed by atoms with Gasteiger partial charge in [0, 0.05) is 19.5 Å². The normalized spacial score (nSPS) is 4.15. The first-order chi connectivity index (χ1) is 3.46. The molecule has 0 fully saturated rings. The van der Waals surface area contributed by atoms with E-state index >= 15 is 0 Å². The van der Waals surface area contributed by atoms with E-state index in [2.05, 4.69) is 0 Å². The van der Waals surface area contributed by atoms with Gasteiger partial charge in [0.15, 0.2) is 17.4 Å². The van der Waals surface area contributed by atoms with Gasteiger partial charge in [0.1, 0.15) is 0 Å². The molecule has 0 aliphatic heterocycles. The minimum absolute atomic E-state index is 0. The van der Waals surface area contributed by atoms with Crippen LogP contribution in [-0.2, 0) is 19.5 Å². The fourth-order valence-corrected chi connectivity index (χ4v) is 0. The van der Waals surface area contributed by atoms with E-state index in [4.69, 9.17) is 30.1 Å². The molecule has 70 valence electrons. The average Bonchev–Trinajstić information content (AvgIpc) is 1.25. The van der Waals surface area contributed by atoms with Gasteiger partial charge in [0.25, 0.3) is 0 Å². The van der Waals surface area contributed by atoms with Gasteiger partial charge >= 0.3 is 140 Å². The molecule has 2 radical (unpaired) electrons. The summed E-state index contributed by atoms with van der Waals surface area (Å²) in [5.41, 5.74) is 0. The van der Waals surface area contributed by atoms with Crippen LogP contribution < -0.4 is 0 Å². The summed E-state index contributed by atoms with van der Waals surface area (Å²) in [6.07, 6.45) is 0. The molecule has 0 atom stereocenters. The monoisotopic (exact) mass is 708 g/mol. The van der Waals surface area contributed by atoms with Crippen LogP contribution in [-0.4, -0.2) is 187 Å². The Balaban J connectivity index is -0.00000000800. The Kier molecular flexibility index (Phi) is 119. The fraction of sp³-hybridized carbons (Fsp3) is 0. The first-order valence-corrected chi connectivity index (χ1v) is 1.55. The van der Waals surface area contributed by atoms with Gasteiger partial charge in [-0.1, -0.05) is 0 Å². The van der Waals surface area contributed by atoms with Crippen molar-refractivity contribution in [2.45, 2.75) is 0 Å². The number of rotatable bonds is 0. The molecule has 13 heavy (non-hydrogen) atoms. The summed E-state index contributed by atoms with van der Waals surface area (Å²) in [6.45, 7) is 0. The average molecular weight is 707 g/mol. The third-order valence-corrected chi connectivity index (χ3v) is 0. The summed E-state index contributed by atoms with van der Waals surface area (Å²) in [7, 11) is -4.33. The van der Waals surface area contributed by atoms with E-state index in [0.717, 1.165) is 0 Å². The van der Waals surface area contributed by atoms with Gasteiger partial charge in [-0.05, 0) is 0 Å².